The van der Waals surface area contributed by atoms with Gasteiger partial charge in [-0.25, -0.2) is 0 Å². The van der Waals surface area contributed by atoms with Crippen molar-refractivity contribution in [3.05, 3.63) is 48.3 Å². The van der Waals surface area contributed by atoms with E-state index in [1.807, 2.05) is 34.9 Å². The lowest BCUT2D eigenvalue weighted by atomic mass is 10.2. The van der Waals surface area contributed by atoms with Crippen molar-refractivity contribution < 1.29 is 5.11 Å². The summed E-state index contributed by atoms with van der Waals surface area (Å²) >= 11 is 0. The first kappa shape index (κ1) is 8.69. The van der Waals surface area contributed by atoms with Gasteiger partial charge in [-0.05, 0) is 5.56 Å². The molecule has 0 bridgehead atoms. The monoisotopic (exact) mass is 188 g/mol. The van der Waals surface area contributed by atoms with E-state index in [9.17, 15) is 5.11 Å². The van der Waals surface area contributed by atoms with Gasteiger partial charge in [0.05, 0.1) is 5.69 Å². The minimum absolute atomic E-state index is 0.140. The Morgan fingerprint density at radius 3 is 2.43 bits per heavy atom. The van der Waals surface area contributed by atoms with E-state index in [0.29, 0.717) is 5.69 Å². The minimum atomic E-state index is 0.140. The van der Waals surface area contributed by atoms with Gasteiger partial charge in [-0.1, -0.05) is 30.3 Å². The molecular weight excluding hydrogens is 176 g/mol. The van der Waals surface area contributed by atoms with Crippen molar-refractivity contribution in [3.63, 3.8) is 0 Å². The highest BCUT2D eigenvalue weighted by molar-refractivity contribution is 5.49. The van der Waals surface area contributed by atoms with Crippen LogP contribution in [-0.2, 0) is 6.54 Å². The molecule has 0 atom stereocenters. The molecule has 14 heavy (non-hydrogen) atoms. The van der Waals surface area contributed by atoms with Gasteiger partial charge in [-0.15, -0.1) is 0 Å². The van der Waals surface area contributed by atoms with E-state index in [-0.39, 0.29) is 5.75 Å². The fourth-order valence-corrected chi connectivity index (χ4v) is 1.40. The van der Waals surface area contributed by atoms with Crippen LogP contribution in [-0.4, -0.2) is 9.67 Å². The number of aromatic hydroxyl groups is 1. The SMILES string of the molecule is Nc1cn(Cc2ccccc2)cc1O. The molecule has 0 saturated carbocycles. The van der Waals surface area contributed by atoms with E-state index < -0.39 is 0 Å². The molecule has 2 aromatic rings. The minimum Gasteiger partial charge on any atom is -0.504 e. The van der Waals surface area contributed by atoms with Crippen LogP contribution < -0.4 is 5.73 Å². The van der Waals surface area contributed by atoms with Gasteiger partial charge < -0.3 is 15.4 Å². The Kier molecular flexibility index (Phi) is 2.14. The van der Waals surface area contributed by atoms with Crippen LogP contribution in [0.1, 0.15) is 5.56 Å². The fraction of sp³-hybridized carbons (Fsp3) is 0.0909. The lowest BCUT2D eigenvalue weighted by Gasteiger charge is -2.01. The molecule has 2 rings (SSSR count). The lowest BCUT2D eigenvalue weighted by molar-refractivity contribution is 0.476. The van der Waals surface area contributed by atoms with Crippen LogP contribution in [0.2, 0.25) is 0 Å². The molecule has 0 saturated heterocycles. The average molecular weight is 188 g/mol. The highest BCUT2D eigenvalue weighted by atomic mass is 16.3. The first-order valence-electron chi connectivity index (χ1n) is 4.44. The predicted octanol–water partition coefficient (Wildman–Crippen LogP) is 1.82. The van der Waals surface area contributed by atoms with Crippen molar-refractivity contribution in [2.45, 2.75) is 6.54 Å². The molecule has 1 aromatic carbocycles. The third-order valence-electron chi connectivity index (χ3n) is 2.10. The molecule has 0 aliphatic rings. The Balaban J connectivity index is 2.19. The van der Waals surface area contributed by atoms with E-state index in [2.05, 4.69) is 0 Å². The highest BCUT2D eigenvalue weighted by Crippen LogP contribution is 2.20. The normalized spacial score (nSPS) is 10.3. The van der Waals surface area contributed by atoms with E-state index in [0.717, 1.165) is 6.54 Å². The molecule has 0 unspecified atom stereocenters. The zero-order valence-electron chi connectivity index (χ0n) is 7.72. The largest absolute Gasteiger partial charge is 0.504 e. The van der Waals surface area contributed by atoms with Crippen LogP contribution in [0.3, 0.4) is 0 Å². The summed E-state index contributed by atoms with van der Waals surface area (Å²) in [7, 11) is 0. The summed E-state index contributed by atoms with van der Waals surface area (Å²) in [4.78, 5) is 0. The smallest absolute Gasteiger partial charge is 0.156 e. The number of aromatic nitrogens is 1. The first-order valence-corrected chi connectivity index (χ1v) is 4.44. The fourth-order valence-electron chi connectivity index (χ4n) is 1.40. The number of hydrogen-bond acceptors (Lipinski definition) is 2. The maximum atomic E-state index is 9.27. The van der Waals surface area contributed by atoms with Crippen molar-refractivity contribution in [2.75, 3.05) is 5.73 Å². The molecule has 3 nitrogen and oxygen atoms in total. The highest BCUT2D eigenvalue weighted by Gasteiger charge is 2.01. The number of benzene rings is 1. The van der Waals surface area contributed by atoms with Crippen LogP contribution in [0, 0.1) is 0 Å². The maximum absolute atomic E-state index is 9.27. The second kappa shape index (κ2) is 3.46. The number of nitrogens with two attached hydrogens (primary N) is 1. The molecule has 72 valence electrons. The van der Waals surface area contributed by atoms with Gasteiger partial charge in [0.25, 0.3) is 0 Å². The van der Waals surface area contributed by atoms with Crippen molar-refractivity contribution in [1.82, 2.24) is 4.57 Å². The second-order valence-corrected chi connectivity index (χ2v) is 3.26. The van der Waals surface area contributed by atoms with Gasteiger partial charge in [0.15, 0.2) is 5.75 Å². The van der Waals surface area contributed by atoms with Gasteiger partial charge in [0, 0.05) is 18.9 Å². The van der Waals surface area contributed by atoms with Gasteiger partial charge >= 0.3 is 0 Å². The topological polar surface area (TPSA) is 51.2 Å². The average Bonchev–Trinajstić information content (AvgIpc) is 2.47. The first-order chi connectivity index (χ1) is 6.75. The summed E-state index contributed by atoms with van der Waals surface area (Å²) in [5.41, 5.74) is 7.12. The van der Waals surface area contributed by atoms with Crippen molar-refractivity contribution in [1.29, 1.82) is 0 Å². The molecule has 0 aliphatic carbocycles. The summed E-state index contributed by atoms with van der Waals surface area (Å²) in [5.74, 6) is 0.140. The van der Waals surface area contributed by atoms with E-state index >= 15 is 0 Å². The van der Waals surface area contributed by atoms with Gasteiger partial charge in [0.1, 0.15) is 0 Å². The van der Waals surface area contributed by atoms with Crippen molar-refractivity contribution in [2.24, 2.45) is 0 Å². The molecule has 0 spiro atoms. The van der Waals surface area contributed by atoms with Crippen LogP contribution in [0.25, 0.3) is 0 Å². The Labute approximate surface area is 82.4 Å². The molecular formula is C11H12N2O. The van der Waals surface area contributed by atoms with E-state index in [4.69, 9.17) is 5.73 Å². The Hall–Kier alpha value is -1.90. The molecule has 1 heterocycles. The quantitative estimate of drug-likeness (QED) is 0.755. The number of hydrogen-bond donors (Lipinski definition) is 2. The zero-order valence-corrected chi connectivity index (χ0v) is 7.72. The van der Waals surface area contributed by atoms with Crippen molar-refractivity contribution >= 4 is 5.69 Å². The second-order valence-electron chi connectivity index (χ2n) is 3.26. The van der Waals surface area contributed by atoms with Crippen LogP contribution in [0.15, 0.2) is 42.7 Å². The number of nitrogen functional groups attached to an aromatic ring is 1. The predicted molar refractivity (Wildman–Crippen MR) is 56.1 cm³/mol. The molecule has 1 aromatic heterocycles. The molecule has 0 amide bonds. The summed E-state index contributed by atoms with van der Waals surface area (Å²) < 4.78 is 1.86. The molecule has 0 aliphatic heterocycles. The lowest BCUT2D eigenvalue weighted by Crippen LogP contribution is -1.95. The van der Waals surface area contributed by atoms with Crippen LogP contribution in [0.5, 0.6) is 5.75 Å². The van der Waals surface area contributed by atoms with Crippen molar-refractivity contribution in [3.8, 4) is 5.75 Å². The van der Waals surface area contributed by atoms with Gasteiger partial charge in [0.2, 0.25) is 0 Å². The summed E-state index contributed by atoms with van der Waals surface area (Å²) in [6.45, 7) is 0.728. The Morgan fingerprint density at radius 1 is 1.14 bits per heavy atom. The maximum Gasteiger partial charge on any atom is 0.156 e. The number of anilines is 1. The Morgan fingerprint density at radius 2 is 1.86 bits per heavy atom. The van der Waals surface area contributed by atoms with Crippen LogP contribution in [0.4, 0.5) is 5.69 Å². The molecule has 0 fully saturated rings. The standard InChI is InChI=1S/C11H12N2O/c12-10-7-13(8-11(10)14)6-9-4-2-1-3-5-9/h1-5,7-8,14H,6,12H2. The third-order valence-corrected chi connectivity index (χ3v) is 2.10. The molecule has 3 N–H and O–H groups in total. The third kappa shape index (κ3) is 1.71. The van der Waals surface area contributed by atoms with Gasteiger partial charge in [-0.3, -0.25) is 0 Å². The summed E-state index contributed by atoms with van der Waals surface area (Å²) in [6.07, 6.45) is 3.35. The zero-order chi connectivity index (χ0) is 9.97. The number of nitrogens with zero attached hydrogens (tertiary/aromatic N) is 1. The summed E-state index contributed by atoms with van der Waals surface area (Å²) in [6, 6.07) is 10.0. The summed E-state index contributed by atoms with van der Waals surface area (Å²) in [5, 5.41) is 9.27. The number of rotatable bonds is 2. The van der Waals surface area contributed by atoms with E-state index in [1.165, 1.54) is 5.56 Å². The molecule has 3 heteroatoms. The van der Waals surface area contributed by atoms with E-state index in [1.54, 1.807) is 12.4 Å². The molecule has 0 radical (unpaired) electrons. The Bertz CT molecular complexity index is 401. The van der Waals surface area contributed by atoms with Crippen LogP contribution >= 0.6 is 0 Å². The van der Waals surface area contributed by atoms with Gasteiger partial charge in [-0.2, -0.15) is 0 Å².